The third-order valence-electron chi connectivity index (χ3n) is 2.96. The molecule has 0 spiro atoms. The zero-order valence-corrected chi connectivity index (χ0v) is 10.8. The molecule has 0 unspecified atom stereocenters. The van der Waals surface area contributed by atoms with Crippen LogP contribution >= 0.6 is 0 Å². The van der Waals surface area contributed by atoms with E-state index in [0.717, 1.165) is 16.5 Å². The van der Waals surface area contributed by atoms with Crippen molar-refractivity contribution in [2.24, 2.45) is 0 Å². The summed E-state index contributed by atoms with van der Waals surface area (Å²) < 4.78 is 10.2. The Bertz CT molecular complexity index is 549. The van der Waals surface area contributed by atoms with E-state index in [1.165, 1.54) is 0 Å². The summed E-state index contributed by atoms with van der Waals surface area (Å²) in [4.78, 5) is 14.3. The van der Waals surface area contributed by atoms with Crippen molar-refractivity contribution in [2.45, 2.75) is 12.5 Å². The smallest absolute Gasteiger partial charge is 0.333 e. The highest BCUT2D eigenvalue weighted by Gasteiger charge is 2.20. The number of hydrogen-bond donors (Lipinski definition) is 2. The van der Waals surface area contributed by atoms with E-state index in [-0.39, 0.29) is 6.61 Å². The quantitative estimate of drug-likeness (QED) is 0.747. The van der Waals surface area contributed by atoms with E-state index in [1.807, 2.05) is 30.5 Å². The van der Waals surface area contributed by atoms with Crippen LogP contribution in [0.1, 0.15) is 5.56 Å². The number of fused-ring (bicyclic) bond motifs is 1. The molecule has 19 heavy (non-hydrogen) atoms. The molecule has 2 rings (SSSR count). The van der Waals surface area contributed by atoms with Crippen LogP contribution < -0.4 is 0 Å². The lowest BCUT2D eigenvalue weighted by Crippen LogP contribution is -2.27. The SMILES string of the molecule is COCCO[C@@H](Cc1c[nH]c2ccccc12)C(=O)O. The fourth-order valence-electron chi connectivity index (χ4n) is 1.99. The Morgan fingerprint density at radius 1 is 1.37 bits per heavy atom. The lowest BCUT2D eigenvalue weighted by atomic mass is 10.1. The minimum absolute atomic E-state index is 0.274. The van der Waals surface area contributed by atoms with E-state index in [4.69, 9.17) is 14.6 Å². The molecule has 2 aromatic rings. The van der Waals surface area contributed by atoms with Crippen molar-refractivity contribution in [3.8, 4) is 0 Å². The van der Waals surface area contributed by atoms with Crippen LogP contribution in [0.15, 0.2) is 30.5 Å². The Balaban J connectivity index is 2.10. The van der Waals surface area contributed by atoms with Crippen LogP contribution in [0, 0.1) is 0 Å². The van der Waals surface area contributed by atoms with Crippen LogP contribution in [-0.4, -0.2) is 42.5 Å². The molecular weight excluding hydrogens is 246 g/mol. The molecule has 1 heterocycles. The van der Waals surface area contributed by atoms with Gasteiger partial charge in [0.15, 0.2) is 6.10 Å². The molecule has 1 aromatic heterocycles. The van der Waals surface area contributed by atoms with Crippen molar-refractivity contribution in [1.82, 2.24) is 4.98 Å². The minimum atomic E-state index is -0.957. The molecule has 0 radical (unpaired) electrons. The van der Waals surface area contributed by atoms with Gasteiger partial charge in [-0.25, -0.2) is 4.79 Å². The monoisotopic (exact) mass is 263 g/mol. The van der Waals surface area contributed by atoms with E-state index in [2.05, 4.69) is 4.98 Å². The van der Waals surface area contributed by atoms with Crippen LogP contribution in [0.25, 0.3) is 10.9 Å². The number of aromatic nitrogens is 1. The summed E-state index contributed by atoms with van der Waals surface area (Å²) in [5.41, 5.74) is 1.94. The number of para-hydroxylation sites is 1. The number of nitrogens with one attached hydrogen (secondary N) is 1. The fourth-order valence-corrected chi connectivity index (χ4v) is 1.99. The molecule has 0 aliphatic rings. The Kier molecular flexibility index (Phi) is 4.54. The van der Waals surface area contributed by atoms with Gasteiger partial charge in [-0.15, -0.1) is 0 Å². The lowest BCUT2D eigenvalue weighted by Gasteiger charge is -2.12. The first kappa shape index (κ1) is 13.6. The average molecular weight is 263 g/mol. The third-order valence-corrected chi connectivity index (χ3v) is 2.96. The molecule has 0 aliphatic heterocycles. The van der Waals surface area contributed by atoms with E-state index >= 15 is 0 Å². The summed E-state index contributed by atoms with van der Waals surface area (Å²) in [6, 6.07) is 7.79. The summed E-state index contributed by atoms with van der Waals surface area (Å²) in [5, 5.41) is 10.2. The Morgan fingerprint density at radius 2 is 2.16 bits per heavy atom. The molecule has 0 aliphatic carbocycles. The summed E-state index contributed by atoms with van der Waals surface area (Å²) in [6.45, 7) is 0.660. The maximum absolute atomic E-state index is 11.2. The standard InChI is InChI=1S/C14H17NO4/c1-18-6-7-19-13(14(16)17)8-10-9-15-12-5-3-2-4-11(10)12/h2-5,9,13,15H,6-8H2,1H3,(H,16,17)/t13-/m0/s1. The molecule has 5 nitrogen and oxygen atoms in total. The van der Waals surface area contributed by atoms with E-state index in [0.29, 0.717) is 13.0 Å². The molecule has 0 saturated heterocycles. The highest BCUT2D eigenvalue weighted by Crippen LogP contribution is 2.19. The van der Waals surface area contributed by atoms with E-state index in [1.54, 1.807) is 7.11 Å². The van der Waals surface area contributed by atoms with Crippen LogP contribution in [0.2, 0.25) is 0 Å². The highest BCUT2D eigenvalue weighted by molar-refractivity contribution is 5.84. The first-order chi connectivity index (χ1) is 9.22. The summed E-state index contributed by atoms with van der Waals surface area (Å²) in [5.74, 6) is -0.957. The molecule has 5 heteroatoms. The fraction of sp³-hybridized carbons (Fsp3) is 0.357. The number of rotatable bonds is 7. The topological polar surface area (TPSA) is 71.5 Å². The number of carbonyl (C=O) groups is 1. The van der Waals surface area contributed by atoms with Crippen molar-refractivity contribution in [1.29, 1.82) is 0 Å². The maximum Gasteiger partial charge on any atom is 0.333 e. The van der Waals surface area contributed by atoms with Gasteiger partial charge in [0.05, 0.1) is 13.2 Å². The largest absolute Gasteiger partial charge is 0.479 e. The average Bonchev–Trinajstić information content (AvgIpc) is 2.81. The zero-order valence-electron chi connectivity index (χ0n) is 10.8. The molecule has 0 amide bonds. The first-order valence-corrected chi connectivity index (χ1v) is 6.10. The van der Waals surface area contributed by atoms with Gasteiger partial charge in [-0.05, 0) is 11.6 Å². The van der Waals surface area contributed by atoms with E-state index < -0.39 is 12.1 Å². The van der Waals surface area contributed by atoms with Crippen LogP contribution in [0.4, 0.5) is 0 Å². The summed E-state index contributed by atoms with van der Waals surface area (Å²) >= 11 is 0. The normalized spacial score (nSPS) is 12.7. The van der Waals surface area contributed by atoms with Gasteiger partial charge in [-0.2, -0.15) is 0 Å². The van der Waals surface area contributed by atoms with Gasteiger partial charge in [-0.1, -0.05) is 18.2 Å². The Morgan fingerprint density at radius 3 is 2.89 bits per heavy atom. The number of methoxy groups -OCH3 is 1. The summed E-state index contributed by atoms with van der Waals surface area (Å²) in [7, 11) is 1.55. The van der Waals surface area contributed by atoms with E-state index in [9.17, 15) is 4.79 Å². The van der Waals surface area contributed by atoms with Crippen molar-refractivity contribution >= 4 is 16.9 Å². The molecule has 2 N–H and O–H groups in total. The molecule has 1 atom stereocenters. The number of H-pyrrole nitrogens is 1. The van der Waals surface area contributed by atoms with Gasteiger partial charge in [0.1, 0.15) is 0 Å². The second-order valence-electron chi connectivity index (χ2n) is 4.25. The van der Waals surface area contributed by atoms with Crippen LogP contribution in [-0.2, 0) is 20.7 Å². The van der Waals surface area contributed by atoms with Crippen molar-refractivity contribution in [3.63, 3.8) is 0 Å². The Labute approximate surface area is 111 Å². The number of aromatic amines is 1. The first-order valence-electron chi connectivity index (χ1n) is 6.10. The van der Waals surface area contributed by atoms with Gasteiger partial charge < -0.3 is 19.6 Å². The van der Waals surface area contributed by atoms with Crippen molar-refractivity contribution < 1.29 is 19.4 Å². The minimum Gasteiger partial charge on any atom is -0.479 e. The van der Waals surface area contributed by atoms with Crippen LogP contribution in [0.5, 0.6) is 0 Å². The van der Waals surface area contributed by atoms with Gasteiger partial charge in [-0.3, -0.25) is 0 Å². The van der Waals surface area contributed by atoms with Gasteiger partial charge in [0.25, 0.3) is 0 Å². The molecule has 102 valence electrons. The number of carboxylic acids is 1. The molecule has 0 saturated carbocycles. The molecule has 0 bridgehead atoms. The second-order valence-corrected chi connectivity index (χ2v) is 4.25. The lowest BCUT2D eigenvalue weighted by molar-refractivity contribution is -0.151. The van der Waals surface area contributed by atoms with Gasteiger partial charge in [0.2, 0.25) is 0 Å². The van der Waals surface area contributed by atoms with Crippen molar-refractivity contribution in [2.75, 3.05) is 20.3 Å². The summed E-state index contributed by atoms with van der Waals surface area (Å²) in [6.07, 6.45) is 1.32. The zero-order chi connectivity index (χ0) is 13.7. The third kappa shape index (κ3) is 3.33. The second kappa shape index (κ2) is 6.36. The predicted octanol–water partition coefficient (Wildman–Crippen LogP) is 1.83. The number of ether oxygens (including phenoxy) is 2. The maximum atomic E-state index is 11.2. The van der Waals surface area contributed by atoms with Gasteiger partial charge >= 0.3 is 5.97 Å². The number of aliphatic carboxylic acids is 1. The highest BCUT2D eigenvalue weighted by atomic mass is 16.5. The van der Waals surface area contributed by atoms with Crippen molar-refractivity contribution in [3.05, 3.63) is 36.0 Å². The van der Waals surface area contributed by atoms with Gasteiger partial charge in [0, 0.05) is 30.6 Å². The number of carboxylic acid groups (broad SMARTS) is 1. The predicted molar refractivity (Wildman–Crippen MR) is 71.3 cm³/mol. The number of hydrogen-bond acceptors (Lipinski definition) is 3. The molecule has 1 aromatic carbocycles. The number of benzene rings is 1. The van der Waals surface area contributed by atoms with Crippen LogP contribution in [0.3, 0.4) is 0 Å². The Hall–Kier alpha value is -1.85. The molecule has 0 fully saturated rings. The molecular formula is C14H17NO4.